The lowest BCUT2D eigenvalue weighted by Crippen LogP contribution is -2.53. The van der Waals surface area contributed by atoms with E-state index in [4.69, 9.17) is 9.47 Å². The quantitative estimate of drug-likeness (QED) is 0.126. The van der Waals surface area contributed by atoms with Gasteiger partial charge in [0.25, 0.3) is 0 Å². The van der Waals surface area contributed by atoms with Crippen molar-refractivity contribution < 1.29 is 38.9 Å². The molecule has 44 heavy (non-hydrogen) atoms. The van der Waals surface area contributed by atoms with Crippen LogP contribution in [0.5, 0.6) is 0 Å². The van der Waals surface area contributed by atoms with E-state index in [0.717, 1.165) is 24.0 Å². The molecule has 0 heterocycles. The van der Waals surface area contributed by atoms with Crippen molar-refractivity contribution in [1.29, 1.82) is 0 Å². The first-order valence-corrected chi connectivity index (χ1v) is 16.1. The smallest absolute Gasteiger partial charge is 0.315 e. The monoisotopic (exact) mass is 606 g/mol. The van der Waals surface area contributed by atoms with Crippen LogP contribution in [0.1, 0.15) is 116 Å². The van der Waals surface area contributed by atoms with Crippen LogP contribution in [-0.4, -0.2) is 51.2 Å². The maximum absolute atomic E-state index is 13.6. The summed E-state index contributed by atoms with van der Waals surface area (Å²) >= 11 is 0. The largest absolute Gasteiger partial charge is 0.425 e. The van der Waals surface area contributed by atoms with Crippen molar-refractivity contribution >= 4 is 23.5 Å². The van der Waals surface area contributed by atoms with Gasteiger partial charge in [0.15, 0.2) is 11.6 Å². The predicted octanol–water partition coefficient (Wildman–Crippen LogP) is 6.20. The molecular weight excluding hydrogens is 560 g/mol. The van der Waals surface area contributed by atoms with E-state index in [9.17, 15) is 29.4 Å². The minimum atomic E-state index is -1.94. The molecule has 2 saturated carbocycles. The van der Waals surface area contributed by atoms with E-state index in [1.807, 2.05) is 20.8 Å². The minimum Gasteiger partial charge on any atom is -0.425 e. The van der Waals surface area contributed by atoms with E-state index in [1.54, 1.807) is 48.5 Å². The Labute approximate surface area is 260 Å². The summed E-state index contributed by atoms with van der Waals surface area (Å²) in [6.07, 6.45) is 4.46. The van der Waals surface area contributed by atoms with Gasteiger partial charge in [-0.15, -0.1) is 0 Å². The molecule has 0 aromatic heterocycles. The van der Waals surface area contributed by atoms with Gasteiger partial charge in [0, 0.05) is 17.5 Å². The zero-order valence-electron chi connectivity index (χ0n) is 26.2. The Kier molecular flexibility index (Phi) is 11.1. The molecule has 2 N–H and O–H groups in total. The second-order valence-electron chi connectivity index (χ2n) is 12.6. The summed E-state index contributed by atoms with van der Waals surface area (Å²) in [6, 6.07) is 13.7. The maximum atomic E-state index is 13.6. The lowest BCUT2D eigenvalue weighted by atomic mass is 9.71. The van der Waals surface area contributed by atoms with E-state index < -0.39 is 52.8 Å². The summed E-state index contributed by atoms with van der Waals surface area (Å²) in [5, 5.41) is 23.3. The first kappa shape index (κ1) is 33.5. The summed E-state index contributed by atoms with van der Waals surface area (Å²) in [4.78, 5) is 54.2. The molecule has 8 nitrogen and oxygen atoms in total. The molecule has 2 aromatic carbocycles. The van der Waals surface area contributed by atoms with E-state index in [1.165, 1.54) is 0 Å². The third-order valence-electron chi connectivity index (χ3n) is 9.28. The molecular formula is C36H46O8. The molecule has 0 radical (unpaired) electrons. The van der Waals surface area contributed by atoms with Crippen molar-refractivity contribution in [2.75, 3.05) is 0 Å². The molecule has 0 bridgehead atoms. The van der Waals surface area contributed by atoms with Crippen LogP contribution in [-0.2, 0) is 19.1 Å². The van der Waals surface area contributed by atoms with Gasteiger partial charge in [0.2, 0.25) is 6.29 Å². The second-order valence-corrected chi connectivity index (χ2v) is 12.6. The molecule has 0 aliphatic heterocycles. The highest BCUT2D eigenvalue weighted by Crippen LogP contribution is 2.40. The maximum Gasteiger partial charge on any atom is 0.315 e. The van der Waals surface area contributed by atoms with Gasteiger partial charge in [-0.05, 0) is 46.0 Å². The standard InChI is InChI=1S/C36H46O8/c1-4-5-6-13-30(43-33(39)28-11-7-9-22-35(28,41)31(37)26-18-14-24(2)15-19-26)44-34(40)29-12-8-10-23-36(29,42)32(38)27-20-16-25(3)17-21-27/h14-21,28-30,41-42H,4-13,22-23H2,1-3H3. The fourth-order valence-electron chi connectivity index (χ4n) is 6.52. The molecule has 4 unspecified atom stereocenters. The first-order chi connectivity index (χ1) is 21.0. The zero-order valence-corrected chi connectivity index (χ0v) is 26.2. The number of unbranched alkanes of at least 4 members (excludes halogenated alkanes) is 2. The molecule has 2 aromatic rings. The van der Waals surface area contributed by atoms with Crippen molar-refractivity contribution in [3.05, 3.63) is 70.8 Å². The van der Waals surface area contributed by atoms with Crippen molar-refractivity contribution in [3.8, 4) is 0 Å². The molecule has 8 heteroatoms. The van der Waals surface area contributed by atoms with E-state index in [-0.39, 0.29) is 32.1 Å². The van der Waals surface area contributed by atoms with Crippen LogP contribution in [0.3, 0.4) is 0 Å². The summed E-state index contributed by atoms with van der Waals surface area (Å²) in [7, 11) is 0. The van der Waals surface area contributed by atoms with Gasteiger partial charge >= 0.3 is 11.9 Å². The van der Waals surface area contributed by atoms with Gasteiger partial charge < -0.3 is 19.7 Å². The van der Waals surface area contributed by atoms with Gasteiger partial charge in [-0.1, -0.05) is 105 Å². The number of carbonyl (C=O) groups excluding carboxylic acids is 4. The SMILES string of the molecule is CCCCCC(OC(=O)C1CCCCC1(O)C(=O)c1ccc(C)cc1)OC(=O)C1CCCCC1(O)C(=O)c1ccc(C)cc1. The normalized spacial score (nSPS) is 25.9. The van der Waals surface area contributed by atoms with E-state index in [2.05, 4.69) is 0 Å². The fourth-order valence-corrected chi connectivity index (χ4v) is 6.52. The summed E-state index contributed by atoms with van der Waals surface area (Å²) in [6.45, 7) is 5.82. The van der Waals surface area contributed by atoms with Crippen LogP contribution in [0.15, 0.2) is 48.5 Å². The minimum absolute atomic E-state index is 0.121. The number of carbonyl (C=O) groups is 4. The number of rotatable bonds is 12. The Bertz CT molecular complexity index is 1220. The van der Waals surface area contributed by atoms with Crippen LogP contribution in [0, 0.1) is 25.7 Å². The average molecular weight is 607 g/mol. The highest BCUT2D eigenvalue weighted by atomic mass is 16.7. The van der Waals surface area contributed by atoms with Crippen LogP contribution in [0.4, 0.5) is 0 Å². The van der Waals surface area contributed by atoms with Crippen LogP contribution < -0.4 is 0 Å². The topological polar surface area (TPSA) is 127 Å². The van der Waals surface area contributed by atoms with Crippen molar-refractivity contribution in [2.24, 2.45) is 11.8 Å². The molecule has 4 rings (SSSR count). The average Bonchev–Trinajstić information content (AvgIpc) is 3.01. The molecule has 2 fully saturated rings. The number of aryl methyl sites for hydroxylation is 2. The number of ketones is 2. The van der Waals surface area contributed by atoms with Gasteiger partial charge in [-0.25, -0.2) is 0 Å². The van der Waals surface area contributed by atoms with E-state index >= 15 is 0 Å². The van der Waals surface area contributed by atoms with Crippen LogP contribution in [0.2, 0.25) is 0 Å². The van der Waals surface area contributed by atoms with Gasteiger partial charge in [0.1, 0.15) is 11.2 Å². The number of hydrogen-bond donors (Lipinski definition) is 2. The Hall–Kier alpha value is -3.36. The third kappa shape index (κ3) is 7.46. The summed E-state index contributed by atoms with van der Waals surface area (Å²) < 4.78 is 11.5. The molecule has 238 valence electrons. The highest BCUT2D eigenvalue weighted by molar-refractivity contribution is 6.05. The predicted molar refractivity (Wildman–Crippen MR) is 165 cm³/mol. The Morgan fingerprint density at radius 1 is 0.705 bits per heavy atom. The molecule has 2 aliphatic rings. The van der Waals surface area contributed by atoms with Crippen molar-refractivity contribution in [1.82, 2.24) is 0 Å². The summed E-state index contributed by atoms with van der Waals surface area (Å²) in [5.41, 5.74) is -1.30. The highest BCUT2D eigenvalue weighted by Gasteiger charge is 2.52. The second kappa shape index (κ2) is 14.6. The number of aliphatic hydroxyl groups is 2. The summed E-state index contributed by atoms with van der Waals surface area (Å²) in [5.74, 6) is -4.88. The van der Waals surface area contributed by atoms with Gasteiger partial charge in [0.05, 0.1) is 11.8 Å². The van der Waals surface area contributed by atoms with Gasteiger partial charge in [-0.3, -0.25) is 19.2 Å². The zero-order chi connectivity index (χ0) is 31.9. The lowest BCUT2D eigenvalue weighted by Gasteiger charge is -2.39. The van der Waals surface area contributed by atoms with Crippen molar-refractivity contribution in [2.45, 2.75) is 115 Å². The third-order valence-corrected chi connectivity index (χ3v) is 9.28. The van der Waals surface area contributed by atoms with E-state index in [0.29, 0.717) is 43.2 Å². The Morgan fingerprint density at radius 2 is 1.11 bits per heavy atom. The number of hydrogen-bond acceptors (Lipinski definition) is 8. The number of ether oxygens (including phenoxy) is 2. The van der Waals surface area contributed by atoms with Gasteiger partial charge in [-0.2, -0.15) is 0 Å². The molecule has 0 amide bonds. The fraction of sp³-hybridized carbons (Fsp3) is 0.556. The molecule has 4 atom stereocenters. The van der Waals surface area contributed by atoms with Crippen molar-refractivity contribution in [3.63, 3.8) is 0 Å². The van der Waals surface area contributed by atoms with Crippen LogP contribution in [0.25, 0.3) is 0 Å². The first-order valence-electron chi connectivity index (χ1n) is 16.1. The molecule has 0 saturated heterocycles. The van der Waals surface area contributed by atoms with Crippen LogP contribution >= 0.6 is 0 Å². The lowest BCUT2D eigenvalue weighted by molar-refractivity contribution is -0.204. The number of esters is 2. The number of Topliss-reactive ketones (excluding diaryl/α,β-unsaturated/α-hetero) is 2. The Morgan fingerprint density at radius 3 is 1.50 bits per heavy atom. The Balaban J connectivity index is 1.53. The molecule has 0 spiro atoms. The number of benzene rings is 2. The molecule has 2 aliphatic carbocycles.